The Bertz CT molecular complexity index is 851. The van der Waals surface area contributed by atoms with E-state index in [0.717, 1.165) is 5.75 Å². The zero-order chi connectivity index (χ0) is 18.6. The third kappa shape index (κ3) is 4.83. The second-order valence-corrected chi connectivity index (χ2v) is 8.37. The van der Waals surface area contributed by atoms with Gasteiger partial charge in [-0.15, -0.1) is 0 Å². The molecule has 138 valence electrons. The monoisotopic (exact) mass is 374 g/mol. The molecule has 7 heteroatoms. The lowest BCUT2D eigenvalue weighted by atomic mass is 9.99. The highest BCUT2D eigenvalue weighted by atomic mass is 32.2. The molecule has 1 amide bonds. The van der Waals surface area contributed by atoms with Gasteiger partial charge in [0.1, 0.15) is 11.5 Å². The Kier molecular flexibility index (Phi) is 5.58. The van der Waals surface area contributed by atoms with E-state index < -0.39 is 10.0 Å². The lowest BCUT2D eigenvalue weighted by Gasteiger charge is -2.30. The van der Waals surface area contributed by atoms with Crippen molar-refractivity contribution in [3.8, 4) is 11.5 Å². The summed E-state index contributed by atoms with van der Waals surface area (Å²) >= 11 is 0. The van der Waals surface area contributed by atoms with Crippen molar-refractivity contribution in [1.29, 1.82) is 0 Å². The zero-order valence-electron chi connectivity index (χ0n) is 14.6. The molecule has 2 aromatic carbocycles. The summed E-state index contributed by atoms with van der Waals surface area (Å²) in [5.41, 5.74) is 0.659. The van der Waals surface area contributed by atoms with Crippen molar-refractivity contribution < 1.29 is 17.9 Å². The first-order valence-electron chi connectivity index (χ1n) is 8.51. The van der Waals surface area contributed by atoms with Gasteiger partial charge >= 0.3 is 0 Å². The van der Waals surface area contributed by atoms with Crippen molar-refractivity contribution in [2.24, 2.45) is 5.92 Å². The number of para-hydroxylation sites is 1. The average molecular weight is 374 g/mol. The maximum Gasteiger partial charge on any atom is 0.228 e. The molecule has 1 heterocycles. The smallest absolute Gasteiger partial charge is 0.228 e. The van der Waals surface area contributed by atoms with Gasteiger partial charge in [0.25, 0.3) is 0 Å². The van der Waals surface area contributed by atoms with Crippen LogP contribution in [0.3, 0.4) is 0 Å². The van der Waals surface area contributed by atoms with Gasteiger partial charge in [-0.05, 0) is 49.2 Å². The molecule has 0 bridgehead atoms. The number of anilines is 1. The lowest BCUT2D eigenvalue weighted by molar-refractivity contribution is -0.120. The van der Waals surface area contributed by atoms with Gasteiger partial charge in [0, 0.05) is 18.8 Å². The van der Waals surface area contributed by atoms with Crippen LogP contribution in [0.25, 0.3) is 0 Å². The Morgan fingerprint density at radius 1 is 1.08 bits per heavy atom. The Morgan fingerprint density at radius 3 is 2.38 bits per heavy atom. The number of ether oxygens (including phenoxy) is 1. The maximum absolute atomic E-state index is 12.5. The van der Waals surface area contributed by atoms with Crippen LogP contribution in [0.1, 0.15) is 12.8 Å². The number of carbonyl (C=O) groups is 1. The summed E-state index contributed by atoms with van der Waals surface area (Å²) in [6.07, 6.45) is 2.56. The van der Waals surface area contributed by atoms with Crippen LogP contribution in [0.15, 0.2) is 54.6 Å². The van der Waals surface area contributed by atoms with Gasteiger partial charge in [-0.3, -0.25) is 4.79 Å². The van der Waals surface area contributed by atoms with Crippen LogP contribution in [0.4, 0.5) is 5.69 Å². The van der Waals surface area contributed by atoms with Crippen LogP contribution < -0.4 is 10.1 Å². The van der Waals surface area contributed by atoms with Crippen molar-refractivity contribution in [2.75, 3.05) is 24.7 Å². The molecule has 6 nitrogen and oxygen atoms in total. The number of benzene rings is 2. The van der Waals surface area contributed by atoms with Crippen LogP contribution in [0.5, 0.6) is 11.5 Å². The number of hydrogen-bond acceptors (Lipinski definition) is 4. The first-order chi connectivity index (χ1) is 12.4. The Labute approximate surface area is 153 Å². The summed E-state index contributed by atoms with van der Waals surface area (Å²) in [5.74, 6) is 0.927. The summed E-state index contributed by atoms with van der Waals surface area (Å²) in [4.78, 5) is 12.5. The second kappa shape index (κ2) is 7.88. The van der Waals surface area contributed by atoms with E-state index in [9.17, 15) is 13.2 Å². The van der Waals surface area contributed by atoms with Gasteiger partial charge in [-0.25, -0.2) is 12.7 Å². The zero-order valence-corrected chi connectivity index (χ0v) is 15.4. The number of piperidine rings is 1. The molecule has 1 aliphatic rings. The molecule has 1 N–H and O–H groups in total. The maximum atomic E-state index is 12.5. The first kappa shape index (κ1) is 18.4. The summed E-state index contributed by atoms with van der Waals surface area (Å²) in [6, 6.07) is 16.6. The van der Waals surface area contributed by atoms with Crippen molar-refractivity contribution in [3.05, 3.63) is 54.6 Å². The second-order valence-electron chi connectivity index (χ2n) is 6.39. The summed E-state index contributed by atoms with van der Waals surface area (Å²) in [5, 5.41) is 2.86. The van der Waals surface area contributed by atoms with Crippen molar-refractivity contribution >= 4 is 21.6 Å². The number of rotatable bonds is 5. The molecule has 0 spiro atoms. The predicted octanol–water partition coefficient (Wildman–Crippen LogP) is 3.09. The number of nitrogens with one attached hydrogen (secondary N) is 1. The van der Waals surface area contributed by atoms with Crippen LogP contribution >= 0.6 is 0 Å². The normalized spacial score (nSPS) is 18.3. The van der Waals surface area contributed by atoms with Crippen molar-refractivity contribution in [2.45, 2.75) is 12.8 Å². The molecule has 1 fully saturated rings. The summed E-state index contributed by atoms with van der Waals surface area (Å²) in [7, 11) is -3.26. The minimum absolute atomic E-state index is 0.157. The summed E-state index contributed by atoms with van der Waals surface area (Å²) in [6.45, 7) is 0.716. The minimum atomic E-state index is -3.26. The van der Waals surface area contributed by atoms with E-state index in [1.807, 2.05) is 30.3 Å². The highest BCUT2D eigenvalue weighted by molar-refractivity contribution is 7.88. The fraction of sp³-hybridized carbons (Fsp3) is 0.316. The molecule has 1 atom stereocenters. The fourth-order valence-corrected chi connectivity index (χ4v) is 3.84. The molecule has 3 rings (SSSR count). The Morgan fingerprint density at radius 2 is 1.73 bits per heavy atom. The summed E-state index contributed by atoms with van der Waals surface area (Å²) < 4.78 is 30.5. The van der Waals surface area contributed by atoms with E-state index >= 15 is 0 Å². The molecule has 0 aromatic heterocycles. The standard InChI is InChI=1S/C19H22N2O4S/c1-26(23,24)21-13-5-6-15(14-21)19(22)20-16-9-11-18(12-10-16)25-17-7-3-2-4-8-17/h2-4,7-12,15H,5-6,13-14H2,1H3,(H,20,22). The van der Waals surface area contributed by atoms with E-state index in [1.165, 1.54) is 10.6 Å². The van der Waals surface area contributed by atoms with Crippen LogP contribution in [-0.4, -0.2) is 38.0 Å². The highest BCUT2D eigenvalue weighted by Crippen LogP contribution is 2.24. The lowest BCUT2D eigenvalue weighted by Crippen LogP contribution is -2.43. The van der Waals surface area contributed by atoms with Gasteiger partial charge in [0.2, 0.25) is 15.9 Å². The molecule has 1 saturated heterocycles. The Hall–Kier alpha value is -2.38. The van der Waals surface area contributed by atoms with Crippen molar-refractivity contribution in [3.63, 3.8) is 0 Å². The molecule has 0 saturated carbocycles. The number of hydrogen-bond donors (Lipinski definition) is 1. The van der Waals surface area contributed by atoms with Crippen LogP contribution in [0.2, 0.25) is 0 Å². The topological polar surface area (TPSA) is 75.7 Å². The molecule has 0 aliphatic carbocycles. The molecule has 1 unspecified atom stereocenters. The number of nitrogens with zero attached hydrogens (tertiary/aromatic N) is 1. The quantitative estimate of drug-likeness (QED) is 0.873. The van der Waals surface area contributed by atoms with Crippen molar-refractivity contribution in [1.82, 2.24) is 4.31 Å². The number of amides is 1. The van der Waals surface area contributed by atoms with E-state index in [2.05, 4.69) is 5.32 Å². The van der Waals surface area contributed by atoms with E-state index in [4.69, 9.17) is 4.74 Å². The largest absolute Gasteiger partial charge is 0.457 e. The highest BCUT2D eigenvalue weighted by Gasteiger charge is 2.30. The van der Waals surface area contributed by atoms with Gasteiger partial charge in [-0.2, -0.15) is 0 Å². The molecular weight excluding hydrogens is 352 g/mol. The minimum Gasteiger partial charge on any atom is -0.457 e. The van der Waals surface area contributed by atoms with Crippen LogP contribution in [-0.2, 0) is 14.8 Å². The van der Waals surface area contributed by atoms with E-state index in [0.29, 0.717) is 30.8 Å². The number of carbonyl (C=O) groups excluding carboxylic acids is 1. The van der Waals surface area contributed by atoms with E-state index in [-0.39, 0.29) is 18.4 Å². The molecular formula is C19H22N2O4S. The third-order valence-corrected chi connectivity index (χ3v) is 5.59. The van der Waals surface area contributed by atoms with Gasteiger partial charge in [-0.1, -0.05) is 18.2 Å². The predicted molar refractivity (Wildman–Crippen MR) is 101 cm³/mol. The van der Waals surface area contributed by atoms with Gasteiger partial charge in [0.05, 0.1) is 12.2 Å². The third-order valence-electron chi connectivity index (χ3n) is 4.32. The molecule has 0 radical (unpaired) electrons. The number of sulfonamides is 1. The Balaban J connectivity index is 1.59. The SMILES string of the molecule is CS(=O)(=O)N1CCCC(C(=O)Nc2ccc(Oc3ccccc3)cc2)C1. The first-order valence-corrected chi connectivity index (χ1v) is 10.4. The molecule has 2 aromatic rings. The molecule has 1 aliphatic heterocycles. The van der Waals surface area contributed by atoms with Gasteiger partial charge < -0.3 is 10.1 Å². The van der Waals surface area contributed by atoms with Crippen LogP contribution in [0, 0.1) is 5.92 Å². The molecule has 26 heavy (non-hydrogen) atoms. The fourth-order valence-electron chi connectivity index (χ4n) is 2.93. The van der Waals surface area contributed by atoms with Gasteiger partial charge in [0.15, 0.2) is 0 Å². The van der Waals surface area contributed by atoms with E-state index in [1.54, 1.807) is 24.3 Å². The average Bonchev–Trinajstić information content (AvgIpc) is 2.63.